The molecule has 0 bridgehead atoms. The lowest BCUT2D eigenvalue weighted by Gasteiger charge is -2.08. The van der Waals surface area contributed by atoms with Crippen LogP contribution in [-0.2, 0) is 16.1 Å². The summed E-state index contributed by atoms with van der Waals surface area (Å²) in [6.07, 6.45) is 1.32. The number of hydrogen-bond donors (Lipinski definition) is 1. The number of aromatic nitrogens is 4. The lowest BCUT2D eigenvalue weighted by Crippen LogP contribution is -2.28. The summed E-state index contributed by atoms with van der Waals surface area (Å²) in [7, 11) is 0. The van der Waals surface area contributed by atoms with E-state index in [-0.39, 0.29) is 24.6 Å². The molecular weight excluding hydrogens is 442 g/mol. The Kier molecular flexibility index (Phi) is 6.10. The number of para-hydroxylation sites is 1. The van der Waals surface area contributed by atoms with Gasteiger partial charge in [0.25, 0.3) is 5.56 Å². The third-order valence-electron chi connectivity index (χ3n) is 5.25. The molecule has 0 spiro atoms. The summed E-state index contributed by atoms with van der Waals surface area (Å²) in [5, 5.41) is 7.71. The maximum absolute atomic E-state index is 13.0. The van der Waals surface area contributed by atoms with Crippen molar-refractivity contribution in [1.82, 2.24) is 19.3 Å². The fourth-order valence-corrected chi connectivity index (χ4v) is 4.67. The molecule has 10 heteroatoms. The second-order valence-electron chi connectivity index (χ2n) is 7.48. The highest BCUT2D eigenvalue weighted by atomic mass is 32.1. The van der Waals surface area contributed by atoms with Gasteiger partial charge >= 0.3 is 5.97 Å². The molecular formula is C23H23N5O4S. The molecule has 33 heavy (non-hydrogen) atoms. The maximum Gasteiger partial charge on any atom is 0.348 e. The molecule has 0 fully saturated rings. The molecule has 1 N–H and O–H groups in total. The number of hydrogen-bond acceptors (Lipinski definition) is 7. The number of nitrogens with one attached hydrogen (secondary N) is 1. The van der Waals surface area contributed by atoms with Gasteiger partial charge in [-0.1, -0.05) is 18.2 Å². The summed E-state index contributed by atoms with van der Waals surface area (Å²) in [5.41, 5.74) is 3.06. The molecule has 0 aliphatic heterocycles. The number of amides is 1. The SMILES string of the molecule is CCOC(=O)c1sc2ncn(CC(=O)Nc3c(C)nn(-c4ccccc4)c3C)c(=O)c2c1C. The molecule has 1 amide bonds. The number of aryl methyl sites for hydroxylation is 2. The summed E-state index contributed by atoms with van der Waals surface area (Å²) in [4.78, 5) is 43.1. The zero-order valence-electron chi connectivity index (χ0n) is 18.7. The molecule has 3 heterocycles. The fraction of sp³-hybridized carbons (Fsp3) is 0.261. The Labute approximate surface area is 193 Å². The van der Waals surface area contributed by atoms with E-state index in [0.717, 1.165) is 22.7 Å². The van der Waals surface area contributed by atoms with E-state index in [1.807, 2.05) is 44.2 Å². The van der Waals surface area contributed by atoms with Crippen molar-refractivity contribution in [3.05, 3.63) is 68.8 Å². The van der Waals surface area contributed by atoms with Gasteiger partial charge in [-0.25, -0.2) is 14.5 Å². The number of ether oxygens (including phenoxy) is 1. The number of carbonyl (C=O) groups is 2. The first kappa shape index (κ1) is 22.4. The monoisotopic (exact) mass is 465 g/mol. The van der Waals surface area contributed by atoms with Crippen LogP contribution in [0.15, 0.2) is 41.5 Å². The molecule has 0 saturated carbocycles. The van der Waals surface area contributed by atoms with Crippen LogP contribution in [-0.4, -0.2) is 37.8 Å². The van der Waals surface area contributed by atoms with Gasteiger partial charge in [-0.05, 0) is 45.4 Å². The van der Waals surface area contributed by atoms with Gasteiger partial charge in [0.15, 0.2) is 0 Å². The highest BCUT2D eigenvalue weighted by molar-refractivity contribution is 7.20. The van der Waals surface area contributed by atoms with Crippen LogP contribution in [0.5, 0.6) is 0 Å². The van der Waals surface area contributed by atoms with E-state index in [4.69, 9.17) is 4.74 Å². The number of fused-ring (bicyclic) bond motifs is 1. The zero-order valence-corrected chi connectivity index (χ0v) is 19.5. The molecule has 4 rings (SSSR count). The molecule has 1 aromatic carbocycles. The molecule has 0 unspecified atom stereocenters. The minimum absolute atomic E-state index is 0.221. The largest absolute Gasteiger partial charge is 0.462 e. The molecule has 0 saturated heterocycles. The smallest absolute Gasteiger partial charge is 0.348 e. The number of nitrogens with zero attached hydrogens (tertiary/aromatic N) is 4. The van der Waals surface area contributed by atoms with E-state index < -0.39 is 5.97 Å². The van der Waals surface area contributed by atoms with Crippen molar-refractivity contribution < 1.29 is 14.3 Å². The summed E-state index contributed by atoms with van der Waals surface area (Å²) >= 11 is 1.11. The van der Waals surface area contributed by atoms with Crippen LogP contribution in [0.3, 0.4) is 0 Å². The molecule has 0 aliphatic rings. The van der Waals surface area contributed by atoms with E-state index in [1.165, 1.54) is 10.9 Å². The average Bonchev–Trinajstić information content (AvgIpc) is 3.28. The van der Waals surface area contributed by atoms with E-state index in [1.54, 1.807) is 18.5 Å². The van der Waals surface area contributed by atoms with Gasteiger partial charge in [-0.15, -0.1) is 11.3 Å². The molecule has 4 aromatic rings. The summed E-state index contributed by atoms with van der Waals surface area (Å²) < 4.78 is 8.05. The molecule has 9 nitrogen and oxygen atoms in total. The lowest BCUT2D eigenvalue weighted by atomic mass is 10.2. The number of esters is 1. The van der Waals surface area contributed by atoms with Crippen molar-refractivity contribution in [2.45, 2.75) is 34.2 Å². The number of benzene rings is 1. The molecule has 170 valence electrons. The van der Waals surface area contributed by atoms with Gasteiger partial charge in [-0.2, -0.15) is 5.10 Å². The highest BCUT2D eigenvalue weighted by Gasteiger charge is 2.21. The van der Waals surface area contributed by atoms with Crippen LogP contribution in [0.25, 0.3) is 15.9 Å². The maximum atomic E-state index is 13.0. The van der Waals surface area contributed by atoms with Crippen molar-refractivity contribution >= 4 is 39.1 Å². The van der Waals surface area contributed by atoms with Crippen LogP contribution in [0, 0.1) is 20.8 Å². The normalized spacial score (nSPS) is 11.0. The van der Waals surface area contributed by atoms with E-state index in [0.29, 0.717) is 32.0 Å². The van der Waals surface area contributed by atoms with Gasteiger partial charge < -0.3 is 10.1 Å². The van der Waals surface area contributed by atoms with Crippen molar-refractivity contribution in [1.29, 1.82) is 0 Å². The Bertz CT molecular complexity index is 1420. The third kappa shape index (κ3) is 4.17. The van der Waals surface area contributed by atoms with Gasteiger partial charge in [0.1, 0.15) is 16.3 Å². The van der Waals surface area contributed by atoms with Gasteiger partial charge in [0, 0.05) is 0 Å². The van der Waals surface area contributed by atoms with Crippen molar-refractivity contribution in [2.75, 3.05) is 11.9 Å². The second kappa shape index (κ2) is 8.99. The first-order chi connectivity index (χ1) is 15.8. The van der Waals surface area contributed by atoms with E-state index >= 15 is 0 Å². The summed E-state index contributed by atoms with van der Waals surface area (Å²) in [6.45, 7) is 7.10. The predicted octanol–water partition coefficient (Wildman–Crippen LogP) is 3.38. The van der Waals surface area contributed by atoms with E-state index in [9.17, 15) is 14.4 Å². The Morgan fingerprint density at radius 3 is 2.58 bits per heavy atom. The minimum atomic E-state index is -0.483. The van der Waals surface area contributed by atoms with Crippen molar-refractivity contribution in [2.24, 2.45) is 0 Å². The highest BCUT2D eigenvalue weighted by Crippen LogP contribution is 2.27. The fourth-order valence-electron chi connectivity index (χ4n) is 3.64. The Morgan fingerprint density at radius 1 is 1.15 bits per heavy atom. The van der Waals surface area contributed by atoms with Crippen LogP contribution in [0.1, 0.15) is 33.5 Å². The van der Waals surface area contributed by atoms with Gasteiger partial charge in [0.05, 0.1) is 41.1 Å². The van der Waals surface area contributed by atoms with Crippen LogP contribution < -0.4 is 10.9 Å². The molecule has 0 atom stereocenters. The first-order valence-electron chi connectivity index (χ1n) is 10.4. The van der Waals surface area contributed by atoms with Crippen molar-refractivity contribution in [3.8, 4) is 5.69 Å². The molecule has 3 aromatic heterocycles. The Hall–Kier alpha value is -3.79. The summed E-state index contributed by atoms with van der Waals surface area (Å²) in [6, 6.07) is 9.61. The van der Waals surface area contributed by atoms with Crippen molar-refractivity contribution in [3.63, 3.8) is 0 Å². The topological polar surface area (TPSA) is 108 Å². The number of thiophene rings is 1. The predicted molar refractivity (Wildman–Crippen MR) is 126 cm³/mol. The first-order valence-corrected chi connectivity index (χ1v) is 11.2. The average molecular weight is 466 g/mol. The van der Waals surface area contributed by atoms with Crippen LogP contribution in [0.2, 0.25) is 0 Å². The number of carbonyl (C=O) groups excluding carboxylic acids is 2. The standard InChI is InChI=1S/C23H23N5O4S/c1-5-32-23(31)20-13(2)18-21(33-20)24-12-27(22(18)30)11-17(29)25-19-14(3)26-28(15(19)4)16-9-7-6-8-10-16/h6-10,12H,5,11H2,1-4H3,(H,25,29). The molecule has 0 aliphatic carbocycles. The minimum Gasteiger partial charge on any atom is -0.462 e. The van der Waals surface area contributed by atoms with Crippen LogP contribution >= 0.6 is 11.3 Å². The quantitative estimate of drug-likeness (QED) is 0.438. The second-order valence-corrected chi connectivity index (χ2v) is 8.47. The Morgan fingerprint density at radius 2 is 1.88 bits per heavy atom. The van der Waals surface area contributed by atoms with Gasteiger partial charge in [0.2, 0.25) is 5.91 Å². The van der Waals surface area contributed by atoms with Gasteiger partial charge in [-0.3, -0.25) is 14.2 Å². The van der Waals surface area contributed by atoms with Crippen LogP contribution in [0.4, 0.5) is 5.69 Å². The molecule has 0 radical (unpaired) electrons. The lowest BCUT2D eigenvalue weighted by molar-refractivity contribution is -0.116. The number of rotatable bonds is 6. The zero-order chi connectivity index (χ0) is 23.7. The number of anilines is 1. The Balaban J connectivity index is 1.60. The van der Waals surface area contributed by atoms with E-state index in [2.05, 4.69) is 15.4 Å². The summed E-state index contributed by atoms with van der Waals surface area (Å²) in [5.74, 6) is -0.862. The third-order valence-corrected chi connectivity index (χ3v) is 6.43.